The first-order valence-electron chi connectivity index (χ1n) is 10.3. The third kappa shape index (κ3) is 5.98. The molecule has 1 aromatic carbocycles. The summed E-state index contributed by atoms with van der Waals surface area (Å²) in [7, 11) is 1.74. The molecule has 0 spiro atoms. The van der Waals surface area contributed by atoms with E-state index in [1.807, 2.05) is 62.2 Å². The van der Waals surface area contributed by atoms with E-state index in [4.69, 9.17) is 4.74 Å². The van der Waals surface area contributed by atoms with E-state index in [2.05, 4.69) is 10.4 Å². The summed E-state index contributed by atoms with van der Waals surface area (Å²) in [5.41, 5.74) is 1.09. The fourth-order valence-electron chi connectivity index (χ4n) is 3.55. The van der Waals surface area contributed by atoms with Crippen molar-refractivity contribution in [2.75, 3.05) is 32.0 Å². The molecule has 0 bridgehead atoms. The number of hydrogen-bond acceptors (Lipinski definition) is 4. The van der Waals surface area contributed by atoms with Crippen molar-refractivity contribution in [3.8, 4) is 5.69 Å². The molecule has 2 heterocycles. The van der Waals surface area contributed by atoms with Crippen molar-refractivity contribution in [1.82, 2.24) is 19.6 Å². The summed E-state index contributed by atoms with van der Waals surface area (Å²) in [4.78, 5) is 28.4. The van der Waals surface area contributed by atoms with Crippen LogP contribution >= 0.6 is 0 Å². The van der Waals surface area contributed by atoms with E-state index in [1.165, 1.54) is 0 Å². The Kier molecular flexibility index (Phi) is 6.64. The van der Waals surface area contributed by atoms with E-state index < -0.39 is 5.60 Å². The number of carbonyl (C=O) groups is 2. The second-order valence-electron chi connectivity index (χ2n) is 8.75. The molecule has 1 saturated heterocycles. The van der Waals surface area contributed by atoms with Gasteiger partial charge in [-0.25, -0.2) is 14.3 Å². The molecule has 1 atom stereocenters. The lowest BCUT2D eigenvalue weighted by Gasteiger charge is -2.35. The zero-order chi connectivity index (χ0) is 21.7. The maximum Gasteiger partial charge on any atom is 0.410 e. The van der Waals surface area contributed by atoms with Gasteiger partial charge in [0.2, 0.25) is 0 Å². The van der Waals surface area contributed by atoms with Crippen LogP contribution in [-0.4, -0.2) is 64.0 Å². The molecule has 0 radical (unpaired) electrons. The average Bonchev–Trinajstić information content (AvgIpc) is 3.22. The first-order valence-corrected chi connectivity index (χ1v) is 10.3. The fraction of sp³-hybridized carbons (Fsp3) is 0.500. The third-order valence-electron chi connectivity index (χ3n) is 4.91. The SMILES string of the molecule is CN(CC1CCCN(C(=O)Nc2cccc(-n3cccn3)c2)C1)C(=O)OC(C)(C)C. The van der Waals surface area contributed by atoms with Gasteiger partial charge in [-0.2, -0.15) is 5.10 Å². The number of benzene rings is 1. The summed E-state index contributed by atoms with van der Waals surface area (Å²) in [5, 5.41) is 7.20. The van der Waals surface area contributed by atoms with E-state index in [1.54, 1.807) is 22.8 Å². The molecular formula is C22H31N5O3. The van der Waals surface area contributed by atoms with Crippen LogP contribution in [0.1, 0.15) is 33.6 Å². The molecule has 0 aliphatic carbocycles. The molecule has 1 fully saturated rings. The number of nitrogens with zero attached hydrogens (tertiary/aromatic N) is 4. The second-order valence-corrected chi connectivity index (χ2v) is 8.75. The first kappa shape index (κ1) is 21.7. The quantitative estimate of drug-likeness (QED) is 0.822. The highest BCUT2D eigenvalue weighted by atomic mass is 16.6. The standard InChI is InChI=1S/C22H31N5O3/c1-22(2,3)30-21(29)25(4)15-17-8-6-12-26(16-17)20(28)24-18-9-5-10-19(14-18)27-13-7-11-23-27/h5,7,9-11,13-14,17H,6,8,12,15-16H2,1-4H3,(H,24,28). The lowest BCUT2D eigenvalue weighted by Crippen LogP contribution is -2.46. The number of urea groups is 1. The smallest absolute Gasteiger partial charge is 0.410 e. The summed E-state index contributed by atoms with van der Waals surface area (Å²) in [6.07, 6.45) is 5.13. The topological polar surface area (TPSA) is 79.7 Å². The Hall–Kier alpha value is -3.03. The van der Waals surface area contributed by atoms with Crippen LogP contribution in [0.25, 0.3) is 5.69 Å². The first-order chi connectivity index (χ1) is 14.2. The van der Waals surface area contributed by atoms with Crippen molar-refractivity contribution in [3.63, 3.8) is 0 Å². The van der Waals surface area contributed by atoms with Gasteiger partial charge in [-0.15, -0.1) is 0 Å². The molecule has 3 rings (SSSR count). The van der Waals surface area contributed by atoms with Gasteiger partial charge >= 0.3 is 12.1 Å². The minimum absolute atomic E-state index is 0.128. The van der Waals surface area contributed by atoms with Crippen molar-refractivity contribution in [1.29, 1.82) is 0 Å². The largest absolute Gasteiger partial charge is 0.444 e. The highest BCUT2D eigenvalue weighted by Crippen LogP contribution is 2.20. The Labute approximate surface area is 177 Å². The molecule has 1 aliphatic heterocycles. The summed E-state index contributed by atoms with van der Waals surface area (Å²) in [6, 6.07) is 9.31. The van der Waals surface area contributed by atoms with E-state index in [-0.39, 0.29) is 18.0 Å². The summed E-state index contributed by atoms with van der Waals surface area (Å²) in [6.45, 7) is 7.44. The van der Waals surface area contributed by atoms with Gasteiger partial charge in [0.05, 0.1) is 5.69 Å². The van der Waals surface area contributed by atoms with Crippen LogP contribution in [0.3, 0.4) is 0 Å². The minimum Gasteiger partial charge on any atom is -0.444 e. The molecule has 30 heavy (non-hydrogen) atoms. The monoisotopic (exact) mass is 413 g/mol. The van der Waals surface area contributed by atoms with Crippen LogP contribution < -0.4 is 5.32 Å². The Morgan fingerprint density at radius 2 is 2.10 bits per heavy atom. The van der Waals surface area contributed by atoms with E-state index in [0.29, 0.717) is 19.6 Å². The van der Waals surface area contributed by atoms with E-state index in [9.17, 15) is 9.59 Å². The number of piperidine rings is 1. The molecular weight excluding hydrogens is 382 g/mol. The van der Waals surface area contributed by atoms with Gasteiger partial charge in [-0.1, -0.05) is 6.07 Å². The second kappa shape index (κ2) is 9.19. The van der Waals surface area contributed by atoms with Gasteiger partial charge in [0.1, 0.15) is 5.60 Å². The van der Waals surface area contributed by atoms with Crippen LogP contribution in [0.4, 0.5) is 15.3 Å². The summed E-state index contributed by atoms with van der Waals surface area (Å²) < 4.78 is 7.17. The zero-order valence-electron chi connectivity index (χ0n) is 18.2. The number of carbonyl (C=O) groups excluding carboxylic acids is 2. The van der Waals surface area contributed by atoms with Crippen LogP contribution in [0.2, 0.25) is 0 Å². The number of rotatable bonds is 4. The van der Waals surface area contributed by atoms with E-state index in [0.717, 1.165) is 24.2 Å². The number of anilines is 1. The fourth-order valence-corrected chi connectivity index (χ4v) is 3.55. The highest BCUT2D eigenvalue weighted by Gasteiger charge is 2.27. The lowest BCUT2D eigenvalue weighted by atomic mass is 9.98. The van der Waals surface area contributed by atoms with Crippen LogP contribution in [0.15, 0.2) is 42.7 Å². The van der Waals surface area contributed by atoms with Gasteiger partial charge in [-0.05, 0) is 63.8 Å². The third-order valence-corrected chi connectivity index (χ3v) is 4.91. The number of hydrogen-bond donors (Lipinski definition) is 1. The van der Waals surface area contributed by atoms with Gasteiger partial charge in [0.25, 0.3) is 0 Å². The molecule has 3 amide bonds. The number of likely N-dealkylation sites (tertiary alicyclic amines) is 1. The lowest BCUT2D eigenvalue weighted by molar-refractivity contribution is 0.0253. The highest BCUT2D eigenvalue weighted by molar-refractivity contribution is 5.89. The van der Waals surface area contributed by atoms with Crippen LogP contribution in [-0.2, 0) is 4.74 Å². The predicted molar refractivity (Wildman–Crippen MR) is 116 cm³/mol. The predicted octanol–water partition coefficient (Wildman–Crippen LogP) is 3.98. The van der Waals surface area contributed by atoms with Gasteiger partial charge in [0, 0.05) is 44.8 Å². The molecule has 1 unspecified atom stereocenters. The molecule has 1 aromatic heterocycles. The molecule has 162 valence electrons. The number of ether oxygens (including phenoxy) is 1. The maximum atomic E-state index is 12.8. The van der Waals surface area contributed by atoms with Gasteiger partial charge < -0.3 is 19.9 Å². The minimum atomic E-state index is -0.519. The molecule has 2 aromatic rings. The van der Waals surface area contributed by atoms with Gasteiger partial charge in [-0.3, -0.25) is 0 Å². The molecule has 8 heteroatoms. The molecule has 8 nitrogen and oxygen atoms in total. The number of aromatic nitrogens is 2. The van der Waals surface area contributed by atoms with Crippen molar-refractivity contribution in [2.45, 2.75) is 39.2 Å². The van der Waals surface area contributed by atoms with Crippen molar-refractivity contribution < 1.29 is 14.3 Å². The maximum absolute atomic E-state index is 12.8. The normalized spacial score (nSPS) is 16.8. The summed E-state index contributed by atoms with van der Waals surface area (Å²) in [5.74, 6) is 0.220. The molecule has 1 aliphatic rings. The Balaban J connectivity index is 1.56. The van der Waals surface area contributed by atoms with Crippen molar-refractivity contribution in [2.24, 2.45) is 5.92 Å². The Morgan fingerprint density at radius 3 is 2.80 bits per heavy atom. The molecule has 0 saturated carbocycles. The Bertz CT molecular complexity index is 860. The van der Waals surface area contributed by atoms with Crippen molar-refractivity contribution >= 4 is 17.8 Å². The van der Waals surface area contributed by atoms with Crippen LogP contribution in [0, 0.1) is 5.92 Å². The Morgan fingerprint density at radius 1 is 1.30 bits per heavy atom. The molecule has 1 N–H and O–H groups in total. The average molecular weight is 414 g/mol. The zero-order valence-corrected chi connectivity index (χ0v) is 18.2. The summed E-state index contributed by atoms with van der Waals surface area (Å²) >= 11 is 0. The van der Waals surface area contributed by atoms with Gasteiger partial charge in [0.15, 0.2) is 0 Å². The number of nitrogens with one attached hydrogen (secondary N) is 1. The van der Waals surface area contributed by atoms with E-state index >= 15 is 0 Å². The number of amides is 3. The van der Waals surface area contributed by atoms with Crippen LogP contribution in [0.5, 0.6) is 0 Å². The van der Waals surface area contributed by atoms with Crippen molar-refractivity contribution in [3.05, 3.63) is 42.7 Å².